The van der Waals surface area contributed by atoms with Gasteiger partial charge in [-0.05, 0) is 50.5 Å². The molecule has 3 aliphatic rings. The lowest BCUT2D eigenvalue weighted by Crippen LogP contribution is -2.50. The summed E-state index contributed by atoms with van der Waals surface area (Å²) in [7, 11) is 0. The van der Waals surface area contributed by atoms with E-state index in [0.717, 1.165) is 12.0 Å². The number of hydrogen-bond acceptors (Lipinski definition) is 6. The zero-order valence-electron chi connectivity index (χ0n) is 19.4. The first-order valence-corrected chi connectivity index (χ1v) is 11.7. The molecule has 0 aromatic rings. The fraction of sp³-hybridized carbons (Fsp3) is 0.760. The van der Waals surface area contributed by atoms with Crippen molar-refractivity contribution in [3.63, 3.8) is 0 Å². The van der Waals surface area contributed by atoms with E-state index >= 15 is 0 Å². The van der Waals surface area contributed by atoms with Crippen LogP contribution in [0.1, 0.15) is 66.7 Å². The molecule has 31 heavy (non-hydrogen) atoms. The highest BCUT2D eigenvalue weighted by atomic mass is 16.6. The number of aliphatic hydroxyl groups excluding tert-OH is 2. The van der Waals surface area contributed by atoms with E-state index in [1.807, 2.05) is 27.7 Å². The van der Waals surface area contributed by atoms with Gasteiger partial charge in [-0.2, -0.15) is 0 Å². The Labute approximate surface area is 185 Å². The Morgan fingerprint density at radius 3 is 2.58 bits per heavy atom. The van der Waals surface area contributed by atoms with Gasteiger partial charge in [0.25, 0.3) is 0 Å². The van der Waals surface area contributed by atoms with Gasteiger partial charge in [0, 0.05) is 18.3 Å². The molecule has 1 saturated heterocycles. The molecule has 1 fully saturated rings. The summed E-state index contributed by atoms with van der Waals surface area (Å²) in [5.41, 5.74) is 0.500. The standard InChI is InChI=1S/C25H38O6/c1-6-25(4,5)24(29)31-23-15(3)11-16-8-7-14(2)19(21(16)22(23)28)10-9-18-12-17(26)13-20(27)30-18/h7-8,11,14-15,17-19,21-23,26,28H,6,9-10,12-13H2,1-5H3/t14-,15-,17+,18+,19-,21-,22+,23-/m0/s1. The number of aliphatic hydroxyl groups is 2. The maximum atomic E-state index is 12.7. The summed E-state index contributed by atoms with van der Waals surface area (Å²) in [6.07, 6.45) is 6.66. The van der Waals surface area contributed by atoms with Crippen LogP contribution in [0.5, 0.6) is 0 Å². The topological polar surface area (TPSA) is 93.1 Å². The van der Waals surface area contributed by atoms with Crippen molar-refractivity contribution in [3.05, 3.63) is 23.8 Å². The number of allylic oxidation sites excluding steroid dienone is 2. The monoisotopic (exact) mass is 434 g/mol. The number of fused-ring (bicyclic) bond motifs is 1. The normalized spacial score (nSPS) is 38.2. The molecule has 1 aliphatic heterocycles. The Kier molecular flexibility index (Phi) is 7.32. The van der Waals surface area contributed by atoms with Gasteiger partial charge < -0.3 is 19.7 Å². The van der Waals surface area contributed by atoms with Crippen molar-refractivity contribution in [2.75, 3.05) is 0 Å². The number of carbonyl (C=O) groups is 2. The van der Waals surface area contributed by atoms with E-state index in [1.165, 1.54) is 0 Å². The molecule has 0 radical (unpaired) electrons. The predicted octanol–water partition coefficient (Wildman–Crippen LogP) is 3.56. The second-order valence-corrected chi connectivity index (χ2v) is 10.3. The molecule has 8 atom stereocenters. The number of cyclic esters (lactones) is 1. The summed E-state index contributed by atoms with van der Waals surface area (Å²) in [6, 6.07) is 0. The quantitative estimate of drug-likeness (QED) is 0.621. The van der Waals surface area contributed by atoms with E-state index in [-0.39, 0.29) is 48.1 Å². The molecule has 0 unspecified atom stereocenters. The van der Waals surface area contributed by atoms with Gasteiger partial charge in [-0.1, -0.05) is 39.0 Å². The maximum Gasteiger partial charge on any atom is 0.311 e. The molecular formula is C25H38O6. The molecule has 2 N–H and O–H groups in total. The minimum Gasteiger partial charge on any atom is -0.462 e. The highest BCUT2D eigenvalue weighted by molar-refractivity contribution is 5.76. The molecule has 0 saturated carbocycles. The average molecular weight is 435 g/mol. The predicted molar refractivity (Wildman–Crippen MR) is 117 cm³/mol. The fourth-order valence-corrected chi connectivity index (χ4v) is 5.09. The fourth-order valence-electron chi connectivity index (χ4n) is 5.09. The van der Waals surface area contributed by atoms with E-state index in [2.05, 4.69) is 25.2 Å². The third kappa shape index (κ3) is 5.23. The SMILES string of the molecule is CCC(C)(C)C(=O)O[C@@H]1[C@H](O)[C@H]2C(=C[C@@H]1C)C=C[C@H](C)[C@@H]2CC[C@@H]1C[C@@H](O)CC(=O)O1. The Morgan fingerprint density at radius 2 is 1.94 bits per heavy atom. The summed E-state index contributed by atoms with van der Waals surface area (Å²) in [5, 5.41) is 21.2. The minimum atomic E-state index is -0.788. The average Bonchev–Trinajstić information content (AvgIpc) is 2.69. The largest absolute Gasteiger partial charge is 0.462 e. The molecule has 0 aromatic carbocycles. The number of rotatable bonds is 6. The van der Waals surface area contributed by atoms with E-state index in [4.69, 9.17) is 9.47 Å². The van der Waals surface area contributed by atoms with Crippen LogP contribution < -0.4 is 0 Å². The van der Waals surface area contributed by atoms with Gasteiger partial charge in [0.1, 0.15) is 12.2 Å². The minimum absolute atomic E-state index is 0.0618. The van der Waals surface area contributed by atoms with Crippen LogP contribution in [0, 0.1) is 29.1 Å². The second-order valence-electron chi connectivity index (χ2n) is 10.3. The third-order valence-corrected chi connectivity index (χ3v) is 7.53. The van der Waals surface area contributed by atoms with Crippen LogP contribution in [0.15, 0.2) is 23.8 Å². The zero-order valence-corrected chi connectivity index (χ0v) is 19.4. The number of hydrogen-bond donors (Lipinski definition) is 2. The number of ether oxygens (including phenoxy) is 2. The molecule has 0 amide bonds. The van der Waals surface area contributed by atoms with Crippen LogP contribution in [-0.4, -0.2) is 46.6 Å². The zero-order chi connectivity index (χ0) is 22.9. The summed E-state index contributed by atoms with van der Waals surface area (Å²) in [5.74, 6) is -0.469. The summed E-state index contributed by atoms with van der Waals surface area (Å²) >= 11 is 0. The van der Waals surface area contributed by atoms with E-state index in [9.17, 15) is 19.8 Å². The first-order valence-electron chi connectivity index (χ1n) is 11.7. The molecule has 6 heteroatoms. The van der Waals surface area contributed by atoms with Gasteiger partial charge in [-0.15, -0.1) is 0 Å². The van der Waals surface area contributed by atoms with Crippen LogP contribution in [0.2, 0.25) is 0 Å². The lowest BCUT2D eigenvalue weighted by atomic mass is 9.64. The molecule has 0 aromatic heterocycles. The van der Waals surface area contributed by atoms with Crippen molar-refractivity contribution in [1.29, 1.82) is 0 Å². The number of carbonyl (C=O) groups excluding carboxylic acids is 2. The first-order chi connectivity index (χ1) is 14.5. The summed E-state index contributed by atoms with van der Waals surface area (Å²) in [4.78, 5) is 24.4. The molecule has 3 rings (SSSR count). The molecule has 2 aliphatic carbocycles. The molecule has 0 spiro atoms. The van der Waals surface area contributed by atoms with Crippen molar-refractivity contribution in [2.24, 2.45) is 29.1 Å². The van der Waals surface area contributed by atoms with Gasteiger partial charge >= 0.3 is 11.9 Å². The van der Waals surface area contributed by atoms with Gasteiger partial charge in [0.2, 0.25) is 0 Å². The highest BCUT2D eigenvalue weighted by Crippen LogP contribution is 2.45. The number of esters is 2. The van der Waals surface area contributed by atoms with Crippen LogP contribution in [0.4, 0.5) is 0 Å². The Morgan fingerprint density at radius 1 is 1.23 bits per heavy atom. The van der Waals surface area contributed by atoms with E-state index in [1.54, 1.807) is 0 Å². The first kappa shape index (κ1) is 24.0. The molecule has 174 valence electrons. The van der Waals surface area contributed by atoms with Crippen LogP contribution >= 0.6 is 0 Å². The van der Waals surface area contributed by atoms with Crippen molar-refractivity contribution in [1.82, 2.24) is 0 Å². The molecular weight excluding hydrogens is 396 g/mol. The third-order valence-electron chi connectivity index (χ3n) is 7.53. The van der Waals surface area contributed by atoms with Gasteiger partial charge in [-0.25, -0.2) is 0 Å². The van der Waals surface area contributed by atoms with Gasteiger partial charge in [0.15, 0.2) is 0 Å². The van der Waals surface area contributed by atoms with Gasteiger partial charge in [-0.3, -0.25) is 9.59 Å². The molecule has 1 heterocycles. The van der Waals surface area contributed by atoms with Gasteiger partial charge in [0.05, 0.1) is 24.0 Å². The lowest BCUT2D eigenvalue weighted by molar-refractivity contribution is -0.172. The Bertz CT molecular complexity index is 738. The van der Waals surface area contributed by atoms with Crippen molar-refractivity contribution >= 4 is 11.9 Å². The van der Waals surface area contributed by atoms with Crippen molar-refractivity contribution in [2.45, 2.75) is 91.1 Å². The van der Waals surface area contributed by atoms with Crippen molar-refractivity contribution in [3.8, 4) is 0 Å². The summed E-state index contributed by atoms with van der Waals surface area (Å²) in [6.45, 7) is 9.80. The summed E-state index contributed by atoms with van der Waals surface area (Å²) < 4.78 is 11.3. The molecule has 6 nitrogen and oxygen atoms in total. The van der Waals surface area contributed by atoms with Crippen LogP contribution in [0.3, 0.4) is 0 Å². The maximum absolute atomic E-state index is 12.7. The Hall–Kier alpha value is -1.66. The lowest BCUT2D eigenvalue weighted by Gasteiger charge is -2.45. The van der Waals surface area contributed by atoms with Crippen LogP contribution in [0.25, 0.3) is 0 Å². The van der Waals surface area contributed by atoms with Crippen LogP contribution in [-0.2, 0) is 19.1 Å². The van der Waals surface area contributed by atoms with E-state index in [0.29, 0.717) is 19.3 Å². The molecule has 0 bridgehead atoms. The second kappa shape index (κ2) is 9.45. The highest BCUT2D eigenvalue weighted by Gasteiger charge is 2.46. The smallest absolute Gasteiger partial charge is 0.311 e. The van der Waals surface area contributed by atoms with E-state index < -0.39 is 23.7 Å². The Balaban J connectivity index is 1.75. The van der Waals surface area contributed by atoms with Crippen molar-refractivity contribution < 1.29 is 29.3 Å².